The second-order valence-electron chi connectivity index (χ2n) is 4.31. The van der Waals surface area contributed by atoms with Crippen LogP contribution in [0.2, 0.25) is 0 Å². The zero-order valence-corrected chi connectivity index (χ0v) is 14.1. The van der Waals surface area contributed by atoms with E-state index >= 15 is 0 Å². The second-order valence-corrected chi connectivity index (χ2v) is 6.08. The van der Waals surface area contributed by atoms with Gasteiger partial charge in [0.15, 0.2) is 0 Å². The summed E-state index contributed by atoms with van der Waals surface area (Å²) in [4.78, 5) is 22.9. The lowest BCUT2D eigenvalue weighted by molar-refractivity contribution is -0.385. The molecule has 7 heteroatoms. The van der Waals surface area contributed by atoms with Crippen LogP contribution < -0.4 is 5.32 Å². The monoisotopic (exact) mass is 412 g/mol. The molecule has 0 saturated heterocycles. The molecule has 0 saturated carbocycles. The minimum absolute atomic E-state index is 0.0341. The van der Waals surface area contributed by atoms with Gasteiger partial charge in [-0.25, -0.2) is 0 Å². The summed E-state index contributed by atoms with van der Waals surface area (Å²) < 4.78 is 1.48. The molecular formula is C14H10Br2N2O3. The van der Waals surface area contributed by atoms with Gasteiger partial charge < -0.3 is 5.32 Å². The Hall–Kier alpha value is -1.73. The Balaban J connectivity index is 2.40. The highest BCUT2D eigenvalue weighted by Gasteiger charge is 2.22. The van der Waals surface area contributed by atoms with Crippen LogP contribution in [0.15, 0.2) is 45.3 Å². The van der Waals surface area contributed by atoms with Gasteiger partial charge >= 0.3 is 0 Å². The van der Waals surface area contributed by atoms with E-state index in [2.05, 4.69) is 37.2 Å². The van der Waals surface area contributed by atoms with Crippen molar-refractivity contribution in [1.29, 1.82) is 0 Å². The topological polar surface area (TPSA) is 72.2 Å². The number of anilines is 1. The molecule has 0 radical (unpaired) electrons. The van der Waals surface area contributed by atoms with Crippen molar-refractivity contribution in [2.45, 2.75) is 6.92 Å². The summed E-state index contributed by atoms with van der Waals surface area (Å²) in [5.74, 6) is -0.524. The fourth-order valence-electron chi connectivity index (χ4n) is 1.87. The molecule has 1 amide bonds. The molecule has 0 aliphatic rings. The minimum atomic E-state index is -0.541. The second kappa shape index (κ2) is 6.36. The molecular weight excluding hydrogens is 404 g/mol. The summed E-state index contributed by atoms with van der Waals surface area (Å²) in [5, 5.41) is 13.8. The Morgan fingerprint density at radius 2 is 1.95 bits per heavy atom. The van der Waals surface area contributed by atoms with Gasteiger partial charge in [-0.2, -0.15) is 0 Å². The number of rotatable bonds is 3. The van der Waals surface area contributed by atoms with E-state index in [0.717, 1.165) is 4.47 Å². The number of para-hydroxylation sites is 1. The summed E-state index contributed by atoms with van der Waals surface area (Å²) in [5.41, 5.74) is 0.833. The van der Waals surface area contributed by atoms with Gasteiger partial charge in [-0.3, -0.25) is 14.9 Å². The van der Waals surface area contributed by atoms with Gasteiger partial charge in [0, 0.05) is 14.5 Å². The van der Waals surface area contributed by atoms with Crippen molar-refractivity contribution in [3.8, 4) is 0 Å². The number of aryl methyl sites for hydroxylation is 1. The van der Waals surface area contributed by atoms with E-state index < -0.39 is 10.8 Å². The molecule has 0 heterocycles. The van der Waals surface area contributed by atoms with Crippen LogP contribution in [0, 0.1) is 17.0 Å². The van der Waals surface area contributed by atoms with Crippen molar-refractivity contribution in [3.63, 3.8) is 0 Å². The van der Waals surface area contributed by atoms with E-state index in [9.17, 15) is 14.9 Å². The molecule has 1 N–H and O–H groups in total. The SMILES string of the molecule is Cc1cccc(C(=O)Nc2cc(Br)ccc2Br)c1[N+](=O)[O-]. The summed E-state index contributed by atoms with van der Waals surface area (Å²) in [6, 6.07) is 9.95. The van der Waals surface area contributed by atoms with Crippen LogP contribution in [0.25, 0.3) is 0 Å². The van der Waals surface area contributed by atoms with Gasteiger partial charge in [0.05, 0.1) is 10.6 Å². The molecule has 2 rings (SSSR count). The minimum Gasteiger partial charge on any atom is -0.321 e. The number of nitro benzene ring substituents is 1. The number of amides is 1. The number of carbonyl (C=O) groups is 1. The number of hydrogen-bond donors (Lipinski definition) is 1. The van der Waals surface area contributed by atoms with Crippen LogP contribution in [0.5, 0.6) is 0 Å². The fourth-order valence-corrected chi connectivity index (χ4v) is 2.57. The van der Waals surface area contributed by atoms with Gasteiger partial charge in [0.25, 0.3) is 11.6 Å². The molecule has 0 fully saturated rings. The normalized spacial score (nSPS) is 10.2. The fraction of sp³-hybridized carbons (Fsp3) is 0.0714. The number of nitro groups is 1. The highest BCUT2D eigenvalue weighted by molar-refractivity contribution is 9.11. The molecule has 0 unspecified atom stereocenters. The third-order valence-electron chi connectivity index (χ3n) is 2.84. The Morgan fingerprint density at radius 3 is 2.62 bits per heavy atom. The molecule has 5 nitrogen and oxygen atoms in total. The summed E-state index contributed by atoms with van der Waals surface area (Å²) in [6.45, 7) is 1.60. The Morgan fingerprint density at radius 1 is 1.24 bits per heavy atom. The maximum Gasteiger partial charge on any atom is 0.285 e. The van der Waals surface area contributed by atoms with Crippen molar-refractivity contribution in [2.75, 3.05) is 5.32 Å². The Labute approximate surface area is 137 Å². The first-order chi connectivity index (χ1) is 9.90. The number of benzene rings is 2. The lowest BCUT2D eigenvalue weighted by Gasteiger charge is -2.09. The summed E-state index contributed by atoms with van der Waals surface area (Å²) in [6.07, 6.45) is 0. The first-order valence-corrected chi connectivity index (χ1v) is 7.49. The lowest BCUT2D eigenvalue weighted by atomic mass is 10.1. The van der Waals surface area contributed by atoms with Gasteiger partial charge in [-0.15, -0.1) is 0 Å². The van der Waals surface area contributed by atoms with E-state index in [4.69, 9.17) is 0 Å². The van der Waals surface area contributed by atoms with E-state index in [1.54, 1.807) is 31.2 Å². The van der Waals surface area contributed by atoms with Crippen LogP contribution in [-0.2, 0) is 0 Å². The summed E-state index contributed by atoms with van der Waals surface area (Å²) in [7, 11) is 0. The maximum absolute atomic E-state index is 12.3. The molecule has 0 aromatic heterocycles. The highest BCUT2D eigenvalue weighted by atomic mass is 79.9. The average molecular weight is 414 g/mol. The van der Waals surface area contributed by atoms with Crippen LogP contribution in [0.4, 0.5) is 11.4 Å². The van der Waals surface area contributed by atoms with Gasteiger partial charge in [0.2, 0.25) is 0 Å². The highest BCUT2D eigenvalue weighted by Crippen LogP contribution is 2.28. The van der Waals surface area contributed by atoms with Crippen molar-refractivity contribution in [3.05, 3.63) is 66.6 Å². The van der Waals surface area contributed by atoms with Gasteiger partial charge in [-0.1, -0.05) is 28.1 Å². The smallest absolute Gasteiger partial charge is 0.285 e. The van der Waals surface area contributed by atoms with Gasteiger partial charge in [-0.05, 0) is 47.1 Å². The Bertz CT molecular complexity index is 732. The molecule has 0 spiro atoms. The molecule has 0 aliphatic carbocycles. The molecule has 0 atom stereocenters. The van der Waals surface area contributed by atoms with E-state index in [0.29, 0.717) is 15.7 Å². The van der Waals surface area contributed by atoms with Crippen molar-refractivity contribution >= 4 is 49.1 Å². The summed E-state index contributed by atoms with van der Waals surface area (Å²) >= 11 is 6.64. The third-order valence-corrected chi connectivity index (χ3v) is 4.03. The zero-order valence-electron chi connectivity index (χ0n) is 10.9. The maximum atomic E-state index is 12.3. The standard InChI is InChI=1S/C14H10Br2N2O3/c1-8-3-2-4-10(13(8)18(20)21)14(19)17-12-7-9(15)5-6-11(12)16/h2-7H,1H3,(H,17,19). The first-order valence-electron chi connectivity index (χ1n) is 5.90. The number of halogens is 2. The van der Waals surface area contributed by atoms with Crippen molar-refractivity contribution in [2.24, 2.45) is 0 Å². The lowest BCUT2D eigenvalue weighted by Crippen LogP contribution is -2.15. The van der Waals surface area contributed by atoms with Crippen LogP contribution >= 0.6 is 31.9 Å². The molecule has 0 aliphatic heterocycles. The average Bonchev–Trinajstić information content (AvgIpc) is 2.42. The molecule has 21 heavy (non-hydrogen) atoms. The van der Waals surface area contributed by atoms with E-state index in [-0.39, 0.29) is 11.3 Å². The van der Waals surface area contributed by atoms with Gasteiger partial charge in [0.1, 0.15) is 5.56 Å². The quantitative estimate of drug-likeness (QED) is 0.586. The van der Waals surface area contributed by atoms with Crippen molar-refractivity contribution in [1.82, 2.24) is 0 Å². The largest absolute Gasteiger partial charge is 0.321 e. The molecule has 108 valence electrons. The van der Waals surface area contributed by atoms with E-state index in [1.807, 2.05) is 6.07 Å². The van der Waals surface area contributed by atoms with E-state index in [1.165, 1.54) is 6.07 Å². The van der Waals surface area contributed by atoms with Crippen LogP contribution in [0.3, 0.4) is 0 Å². The predicted octanol–water partition coefficient (Wildman–Crippen LogP) is 4.68. The molecule has 2 aromatic carbocycles. The zero-order chi connectivity index (χ0) is 15.6. The number of nitrogens with zero attached hydrogens (tertiary/aromatic N) is 1. The first kappa shape index (κ1) is 15.7. The number of carbonyl (C=O) groups excluding carboxylic acids is 1. The predicted molar refractivity (Wildman–Crippen MR) is 87.6 cm³/mol. The Kier molecular flexibility index (Phi) is 4.74. The van der Waals surface area contributed by atoms with Crippen LogP contribution in [-0.4, -0.2) is 10.8 Å². The van der Waals surface area contributed by atoms with Crippen LogP contribution in [0.1, 0.15) is 15.9 Å². The third kappa shape index (κ3) is 3.48. The molecule has 2 aromatic rings. The number of nitrogens with one attached hydrogen (secondary N) is 1. The molecule has 0 bridgehead atoms. The van der Waals surface area contributed by atoms with Crippen molar-refractivity contribution < 1.29 is 9.72 Å². The number of hydrogen-bond acceptors (Lipinski definition) is 3.